The molecule has 2 aromatic rings. The molecule has 2 aromatic carbocycles. The van der Waals surface area contributed by atoms with E-state index < -0.39 is 5.82 Å². The van der Waals surface area contributed by atoms with Gasteiger partial charge >= 0.3 is 0 Å². The standard InChI is InChI=1S/C19H21BrFN3O2/c1-12-4-6-15(21)9-17(12)23-19(26)11-24(3)10-18(25)22-16-7-5-14(20)8-13(16)2/h4-9H,10-11H2,1-3H3,(H,22,25)(H,23,26). The smallest absolute Gasteiger partial charge is 0.238 e. The molecular formula is C19H21BrFN3O2. The van der Waals surface area contributed by atoms with Gasteiger partial charge in [0.25, 0.3) is 0 Å². The molecule has 2 rings (SSSR count). The van der Waals surface area contributed by atoms with Crippen molar-refractivity contribution in [2.24, 2.45) is 0 Å². The topological polar surface area (TPSA) is 61.4 Å². The number of carbonyl (C=O) groups excluding carboxylic acids is 2. The number of halogens is 2. The van der Waals surface area contributed by atoms with Crippen LogP contribution in [0.5, 0.6) is 0 Å². The monoisotopic (exact) mass is 421 g/mol. The van der Waals surface area contributed by atoms with Crippen molar-refractivity contribution in [3.8, 4) is 0 Å². The van der Waals surface area contributed by atoms with Crippen molar-refractivity contribution in [2.45, 2.75) is 13.8 Å². The average Bonchev–Trinajstić information content (AvgIpc) is 2.53. The van der Waals surface area contributed by atoms with Crippen molar-refractivity contribution in [1.29, 1.82) is 0 Å². The van der Waals surface area contributed by atoms with Gasteiger partial charge in [0.15, 0.2) is 0 Å². The lowest BCUT2D eigenvalue weighted by atomic mass is 10.2. The molecular weight excluding hydrogens is 401 g/mol. The molecule has 5 nitrogen and oxygen atoms in total. The Labute approximate surface area is 160 Å². The molecule has 0 radical (unpaired) electrons. The van der Waals surface area contributed by atoms with Gasteiger partial charge in [-0.2, -0.15) is 0 Å². The molecule has 0 aliphatic rings. The van der Waals surface area contributed by atoms with Crippen molar-refractivity contribution >= 4 is 39.1 Å². The van der Waals surface area contributed by atoms with Crippen LogP contribution in [0, 0.1) is 19.7 Å². The van der Waals surface area contributed by atoms with Crippen LogP contribution < -0.4 is 10.6 Å². The highest BCUT2D eigenvalue weighted by molar-refractivity contribution is 9.10. The molecule has 2 amide bonds. The van der Waals surface area contributed by atoms with E-state index in [1.165, 1.54) is 12.1 Å². The fraction of sp³-hybridized carbons (Fsp3) is 0.263. The van der Waals surface area contributed by atoms with Gasteiger partial charge in [-0.1, -0.05) is 22.0 Å². The highest BCUT2D eigenvalue weighted by Crippen LogP contribution is 2.20. The molecule has 138 valence electrons. The Morgan fingerprint density at radius 1 is 0.962 bits per heavy atom. The summed E-state index contributed by atoms with van der Waals surface area (Å²) >= 11 is 3.38. The molecule has 0 aliphatic heterocycles. The van der Waals surface area contributed by atoms with Crippen molar-refractivity contribution in [3.05, 3.63) is 57.8 Å². The number of anilines is 2. The molecule has 0 aliphatic carbocycles. The molecule has 0 heterocycles. The van der Waals surface area contributed by atoms with Gasteiger partial charge in [-0.25, -0.2) is 4.39 Å². The van der Waals surface area contributed by atoms with E-state index in [4.69, 9.17) is 0 Å². The Bertz CT molecular complexity index is 826. The molecule has 0 aromatic heterocycles. The zero-order valence-corrected chi connectivity index (χ0v) is 16.5. The second-order valence-corrected chi connectivity index (χ2v) is 7.10. The van der Waals surface area contributed by atoms with Gasteiger partial charge in [-0.05, 0) is 62.4 Å². The minimum atomic E-state index is -0.413. The number of likely N-dealkylation sites (N-methyl/N-ethyl adjacent to an activating group) is 1. The first-order chi connectivity index (χ1) is 12.2. The third kappa shape index (κ3) is 5.93. The molecule has 0 fully saturated rings. The Kier molecular flexibility index (Phi) is 6.88. The number of hydrogen-bond donors (Lipinski definition) is 2. The maximum atomic E-state index is 13.3. The van der Waals surface area contributed by atoms with Crippen LogP contribution >= 0.6 is 15.9 Å². The number of benzene rings is 2. The molecule has 0 bridgehead atoms. The number of aryl methyl sites for hydroxylation is 2. The molecule has 7 heteroatoms. The molecule has 0 atom stereocenters. The van der Waals surface area contributed by atoms with Crippen LogP contribution in [0.15, 0.2) is 40.9 Å². The predicted molar refractivity (Wildman–Crippen MR) is 105 cm³/mol. The first-order valence-electron chi connectivity index (χ1n) is 8.05. The summed E-state index contributed by atoms with van der Waals surface area (Å²) in [5, 5.41) is 5.49. The van der Waals surface area contributed by atoms with Crippen LogP contribution in [0.3, 0.4) is 0 Å². The van der Waals surface area contributed by atoms with Gasteiger partial charge in [-0.3, -0.25) is 14.5 Å². The molecule has 0 saturated heterocycles. The van der Waals surface area contributed by atoms with Crippen molar-refractivity contribution < 1.29 is 14.0 Å². The second-order valence-electron chi connectivity index (χ2n) is 6.19. The molecule has 2 N–H and O–H groups in total. The summed E-state index contributed by atoms with van der Waals surface area (Å²) in [5.74, 6) is -0.940. The van der Waals surface area contributed by atoms with Crippen molar-refractivity contribution in [3.63, 3.8) is 0 Å². The van der Waals surface area contributed by atoms with Crippen molar-refractivity contribution in [2.75, 3.05) is 30.8 Å². The molecule has 0 saturated carbocycles. The van der Waals surface area contributed by atoms with E-state index in [2.05, 4.69) is 26.6 Å². The van der Waals surface area contributed by atoms with Crippen LogP contribution in [0.1, 0.15) is 11.1 Å². The van der Waals surface area contributed by atoms with Crippen LogP contribution in [0.25, 0.3) is 0 Å². The molecule has 0 spiro atoms. The minimum Gasteiger partial charge on any atom is -0.325 e. The third-order valence-corrected chi connectivity index (χ3v) is 4.26. The quantitative estimate of drug-likeness (QED) is 0.746. The van der Waals surface area contributed by atoms with Crippen LogP contribution in [0.4, 0.5) is 15.8 Å². The van der Waals surface area contributed by atoms with Gasteiger partial charge in [0.05, 0.1) is 13.1 Å². The number of rotatable bonds is 6. The maximum absolute atomic E-state index is 13.3. The SMILES string of the molecule is Cc1cc(Br)ccc1NC(=O)CN(C)CC(=O)Nc1cc(F)ccc1C. The van der Waals surface area contributed by atoms with Gasteiger partial charge in [0.2, 0.25) is 11.8 Å². The van der Waals surface area contributed by atoms with E-state index in [1.807, 2.05) is 25.1 Å². The Hall–Kier alpha value is -2.25. The zero-order chi connectivity index (χ0) is 19.3. The Balaban J connectivity index is 1.87. The minimum absolute atomic E-state index is 0.0166. The second kappa shape index (κ2) is 8.91. The first kappa shape index (κ1) is 20.1. The van der Waals surface area contributed by atoms with E-state index in [9.17, 15) is 14.0 Å². The number of amides is 2. The number of hydrogen-bond acceptors (Lipinski definition) is 3. The van der Waals surface area contributed by atoms with Gasteiger partial charge in [-0.15, -0.1) is 0 Å². The van der Waals surface area contributed by atoms with Crippen LogP contribution in [0.2, 0.25) is 0 Å². The Morgan fingerprint density at radius 3 is 2.19 bits per heavy atom. The molecule has 26 heavy (non-hydrogen) atoms. The number of nitrogens with zero attached hydrogens (tertiary/aromatic N) is 1. The van der Waals surface area contributed by atoms with E-state index >= 15 is 0 Å². The lowest BCUT2D eigenvalue weighted by Crippen LogP contribution is -2.36. The summed E-state index contributed by atoms with van der Waals surface area (Å²) in [7, 11) is 1.67. The largest absolute Gasteiger partial charge is 0.325 e. The van der Waals surface area contributed by atoms with Crippen LogP contribution in [-0.4, -0.2) is 36.9 Å². The summed E-state index contributed by atoms with van der Waals surface area (Å²) in [4.78, 5) is 25.8. The summed E-state index contributed by atoms with van der Waals surface area (Å²) in [6, 6.07) is 9.79. The maximum Gasteiger partial charge on any atom is 0.238 e. The Morgan fingerprint density at radius 2 is 1.58 bits per heavy atom. The van der Waals surface area contributed by atoms with Gasteiger partial charge < -0.3 is 10.6 Å². The van der Waals surface area contributed by atoms with Crippen LogP contribution in [-0.2, 0) is 9.59 Å². The zero-order valence-electron chi connectivity index (χ0n) is 14.9. The third-order valence-electron chi connectivity index (χ3n) is 3.76. The highest BCUT2D eigenvalue weighted by Gasteiger charge is 2.13. The lowest BCUT2D eigenvalue weighted by Gasteiger charge is -2.17. The first-order valence-corrected chi connectivity index (χ1v) is 8.84. The summed E-state index contributed by atoms with van der Waals surface area (Å²) in [5.41, 5.74) is 2.87. The van der Waals surface area contributed by atoms with Gasteiger partial charge in [0.1, 0.15) is 5.82 Å². The van der Waals surface area contributed by atoms with E-state index in [1.54, 1.807) is 24.9 Å². The predicted octanol–water partition coefficient (Wildman–Crippen LogP) is 3.71. The fourth-order valence-corrected chi connectivity index (χ4v) is 2.90. The summed E-state index contributed by atoms with van der Waals surface area (Å²) < 4.78 is 14.2. The van der Waals surface area contributed by atoms with E-state index in [0.717, 1.165) is 21.3 Å². The fourth-order valence-electron chi connectivity index (χ4n) is 2.42. The van der Waals surface area contributed by atoms with E-state index in [-0.39, 0.29) is 24.9 Å². The average molecular weight is 422 g/mol. The summed E-state index contributed by atoms with van der Waals surface area (Å²) in [6.45, 7) is 3.76. The lowest BCUT2D eigenvalue weighted by molar-refractivity contribution is -0.119. The van der Waals surface area contributed by atoms with Crippen molar-refractivity contribution in [1.82, 2.24) is 4.90 Å². The van der Waals surface area contributed by atoms with Gasteiger partial charge in [0, 0.05) is 15.8 Å². The number of carbonyl (C=O) groups is 2. The van der Waals surface area contributed by atoms with E-state index in [0.29, 0.717) is 5.69 Å². The number of nitrogens with one attached hydrogen (secondary N) is 2. The normalized spacial score (nSPS) is 10.7. The highest BCUT2D eigenvalue weighted by atomic mass is 79.9. The summed E-state index contributed by atoms with van der Waals surface area (Å²) in [6.07, 6.45) is 0. The molecule has 0 unspecified atom stereocenters.